The standard InChI is InChI=1S/C12H13FN2O4/c13-9-5-8(6-14-7-9)10(16)15-12(11(17)18)1-3-19-4-2-12/h5-7H,1-4H2,(H,15,16)(H,17,18). The van der Waals surface area contributed by atoms with Gasteiger partial charge in [-0.05, 0) is 6.07 Å². The SMILES string of the molecule is O=C(NC1(C(=O)O)CCOCC1)c1cncc(F)c1. The van der Waals surface area contributed by atoms with Gasteiger partial charge in [0, 0.05) is 32.3 Å². The number of carboxylic acids is 1. The van der Waals surface area contributed by atoms with Gasteiger partial charge in [-0.15, -0.1) is 0 Å². The number of nitrogens with one attached hydrogen (secondary N) is 1. The van der Waals surface area contributed by atoms with E-state index in [1.54, 1.807) is 0 Å². The minimum absolute atomic E-state index is 0.00730. The summed E-state index contributed by atoms with van der Waals surface area (Å²) in [5.41, 5.74) is -1.37. The molecule has 0 aromatic carbocycles. The lowest BCUT2D eigenvalue weighted by Crippen LogP contribution is -2.57. The van der Waals surface area contributed by atoms with E-state index in [0.717, 1.165) is 12.3 Å². The normalized spacial score (nSPS) is 17.7. The van der Waals surface area contributed by atoms with Crippen LogP contribution in [0.15, 0.2) is 18.5 Å². The van der Waals surface area contributed by atoms with Crippen molar-refractivity contribution in [3.05, 3.63) is 29.8 Å². The Morgan fingerprint density at radius 3 is 2.63 bits per heavy atom. The average molecular weight is 268 g/mol. The zero-order chi connectivity index (χ0) is 13.9. The molecule has 1 aliphatic rings. The number of ether oxygens (including phenoxy) is 1. The van der Waals surface area contributed by atoms with Crippen LogP contribution in [0.4, 0.5) is 4.39 Å². The highest BCUT2D eigenvalue weighted by atomic mass is 19.1. The van der Waals surface area contributed by atoms with E-state index in [1.165, 1.54) is 6.20 Å². The molecule has 0 atom stereocenters. The third-order valence-corrected chi connectivity index (χ3v) is 3.08. The molecule has 1 saturated heterocycles. The molecule has 0 saturated carbocycles. The number of carbonyl (C=O) groups is 2. The highest BCUT2D eigenvalue weighted by Crippen LogP contribution is 2.21. The van der Waals surface area contributed by atoms with E-state index < -0.39 is 23.2 Å². The second kappa shape index (κ2) is 5.31. The van der Waals surface area contributed by atoms with Gasteiger partial charge >= 0.3 is 5.97 Å². The molecule has 0 spiro atoms. The van der Waals surface area contributed by atoms with Gasteiger partial charge in [-0.3, -0.25) is 9.78 Å². The van der Waals surface area contributed by atoms with Gasteiger partial charge in [0.15, 0.2) is 0 Å². The molecule has 0 radical (unpaired) electrons. The molecule has 19 heavy (non-hydrogen) atoms. The third-order valence-electron chi connectivity index (χ3n) is 3.08. The summed E-state index contributed by atoms with van der Waals surface area (Å²) in [5, 5.41) is 11.7. The zero-order valence-corrected chi connectivity index (χ0v) is 10.1. The fraction of sp³-hybridized carbons (Fsp3) is 0.417. The number of hydrogen-bond donors (Lipinski definition) is 2. The number of aromatic nitrogens is 1. The van der Waals surface area contributed by atoms with Crippen molar-refractivity contribution in [2.75, 3.05) is 13.2 Å². The predicted octanol–water partition coefficient (Wildman–Crippen LogP) is 0.584. The van der Waals surface area contributed by atoms with Crippen molar-refractivity contribution in [3.8, 4) is 0 Å². The van der Waals surface area contributed by atoms with Gasteiger partial charge in [-0.25, -0.2) is 9.18 Å². The lowest BCUT2D eigenvalue weighted by Gasteiger charge is -2.33. The third kappa shape index (κ3) is 2.87. The predicted molar refractivity (Wildman–Crippen MR) is 62.1 cm³/mol. The van der Waals surface area contributed by atoms with Crippen molar-refractivity contribution in [1.29, 1.82) is 0 Å². The number of carbonyl (C=O) groups excluding carboxylic acids is 1. The quantitative estimate of drug-likeness (QED) is 0.837. The Bertz CT molecular complexity index is 500. The summed E-state index contributed by atoms with van der Waals surface area (Å²) in [6, 6.07) is 1.01. The van der Waals surface area contributed by atoms with Crippen LogP contribution in [0.5, 0.6) is 0 Å². The number of halogens is 1. The van der Waals surface area contributed by atoms with Crippen LogP contribution in [0.1, 0.15) is 23.2 Å². The maximum Gasteiger partial charge on any atom is 0.329 e. The van der Waals surface area contributed by atoms with E-state index in [2.05, 4.69) is 10.3 Å². The van der Waals surface area contributed by atoms with Crippen LogP contribution in [-0.4, -0.2) is 40.7 Å². The fourth-order valence-electron chi connectivity index (χ4n) is 1.94. The number of aliphatic carboxylic acids is 1. The molecule has 0 unspecified atom stereocenters. The molecular formula is C12H13FN2O4. The van der Waals surface area contributed by atoms with Gasteiger partial charge < -0.3 is 15.2 Å². The molecule has 2 heterocycles. The number of rotatable bonds is 3. The van der Waals surface area contributed by atoms with Gasteiger partial charge in [0.05, 0.1) is 11.8 Å². The summed E-state index contributed by atoms with van der Waals surface area (Å²) in [5.74, 6) is -2.42. The first-order valence-corrected chi connectivity index (χ1v) is 5.78. The first-order chi connectivity index (χ1) is 9.03. The van der Waals surface area contributed by atoms with Crippen LogP contribution < -0.4 is 5.32 Å². The molecule has 2 N–H and O–H groups in total. The van der Waals surface area contributed by atoms with E-state index in [9.17, 15) is 19.1 Å². The van der Waals surface area contributed by atoms with Crippen molar-refractivity contribution >= 4 is 11.9 Å². The van der Waals surface area contributed by atoms with E-state index in [0.29, 0.717) is 0 Å². The Kier molecular flexibility index (Phi) is 3.75. The van der Waals surface area contributed by atoms with Crippen LogP contribution in [-0.2, 0) is 9.53 Å². The highest BCUT2D eigenvalue weighted by molar-refractivity contribution is 5.97. The highest BCUT2D eigenvalue weighted by Gasteiger charge is 2.41. The lowest BCUT2D eigenvalue weighted by molar-refractivity contribution is -0.148. The van der Waals surface area contributed by atoms with E-state index in [-0.39, 0.29) is 31.6 Å². The molecule has 1 fully saturated rings. The molecule has 102 valence electrons. The fourth-order valence-corrected chi connectivity index (χ4v) is 1.94. The van der Waals surface area contributed by atoms with Gasteiger partial charge in [0.1, 0.15) is 11.4 Å². The minimum atomic E-state index is -1.36. The van der Waals surface area contributed by atoms with Crippen molar-refractivity contribution in [2.24, 2.45) is 0 Å². The summed E-state index contributed by atoms with van der Waals surface area (Å²) in [6.07, 6.45) is 2.51. The van der Waals surface area contributed by atoms with Crippen LogP contribution >= 0.6 is 0 Å². The molecule has 2 rings (SSSR count). The van der Waals surface area contributed by atoms with E-state index >= 15 is 0 Å². The summed E-state index contributed by atoms with van der Waals surface area (Å²) >= 11 is 0. The maximum atomic E-state index is 13.0. The van der Waals surface area contributed by atoms with Crippen LogP contribution in [0, 0.1) is 5.82 Å². The smallest absolute Gasteiger partial charge is 0.329 e. The summed E-state index contributed by atoms with van der Waals surface area (Å²) in [4.78, 5) is 26.9. The Hall–Kier alpha value is -2.02. The van der Waals surface area contributed by atoms with Gasteiger partial charge in [0.2, 0.25) is 0 Å². The van der Waals surface area contributed by atoms with E-state index in [4.69, 9.17) is 4.74 Å². The van der Waals surface area contributed by atoms with Gasteiger partial charge in [-0.2, -0.15) is 0 Å². The molecule has 1 aliphatic heterocycles. The monoisotopic (exact) mass is 268 g/mol. The Morgan fingerprint density at radius 2 is 2.05 bits per heavy atom. The summed E-state index contributed by atoms with van der Waals surface area (Å²) in [7, 11) is 0. The number of carboxylic acid groups (broad SMARTS) is 1. The lowest BCUT2D eigenvalue weighted by atomic mass is 9.90. The molecular weight excluding hydrogens is 255 g/mol. The Balaban J connectivity index is 2.18. The summed E-state index contributed by atoms with van der Waals surface area (Å²) in [6.45, 7) is 0.516. The van der Waals surface area contributed by atoms with Crippen LogP contribution in [0.25, 0.3) is 0 Å². The molecule has 1 aromatic heterocycles. The molecule has 0 aliphatic carbocycles. The molecule has 1 amide bonds. The van der Waals surface area contributed by atoms with Crippen LogP contribution in [0.2, 0.25) is 0 Å². The van der Waals surface area contributed by atoms with Crippen molar-refractivity contribution in [3.63, 3.8) is 0 Å². The maximum absolute atomic E-state index is 13.0. The van der Waals surface area contributed by atoms with Crippen molar-refractivity contribution in [1.82, 2.24) is 10.3 Å². The molecule has 1 aromatic rings. The number of hydrogen-bond acceptors (Lipinski definition) is 4. The molecule has 6 nitrogen and oxygen atoms in total. The summed E-state index contributed by atoms with van der Waals surface area (Å²) < 4.78 is 18.1. The second-order valence-corrected chi connectivity index (χ2v) is 4.35. The molecule has 7 heteroatoms. The Labute approximate surface area is 108 Å². The largest absolute Gasteiger partial charge is 0.480 e. The topological polar surface area (TPSA) is 88.5 Å². The average Bonchev–Trinajstić information content (AvgIpc) is 2.39. The van der Waals surface area contributed by atoms with Gasteiger partial charge in [-0.1, -0.05) is 0 Å². The van der Waals surface area contributed by atoms with Crippen molar-refractivity contribution < 1.29 is 23.8 Å². The van der Waals surface area contributed by atoms with Crippen molar-refractivity contribution in [2.45, 2.75) is 18.4 Å². The second-order valence-electron chi connectivity index (χ2n) is 4.35. The number of pyridine rings is 1. The zero-order valence-electron chi connectivity index (χ0n) is 10.1. The molecule has 0 bridgehead atoms. The first kappa shape index (κ1) is 13.4. The first-order valence-electron chi connectivity index (χ1n) is 5.78. The minimum Gasteiger partial charge on any atom is -0.480 e. The van der Waals surface area contributed by atoms with Gasteiger partial charge in [0.25, 0.3) is 5.91 Å². The number of amides is 1. The van der Waals surface area contributed by atoms with Crippen LogP contribution in [0.3, 0.4) is 0 Å². The van der Waals surface area contributed by atoms with E-state index in [1.807, 2.05) is 0 Å². The Morgan fingerprint density at radius 1 is 1.37 bits per heavy atom. The number of nitrogens with zero attached hydrogens (tertiary/aromatic N) is 1.